The Hall–Kier alpha value is -3.12. The van der Waals surface area contributed by atoms with Crippen molar-refractivity contribution < 1.29 is 14.3 Å². The van der Waals surface area contributed by atoms with Crippen LogP contribution in [0.2, 0.25) is 0 Å². The Labute approximate surface area is 171 Å². The molecule has 1 saturated heterocycles. The number of benzene rings is 2. The van der Waals surface area contributed by atoms with Crippen LogP contribution in [0.4, 0.5) is 11.4 Å². The predicted molar refractivity (Wildman–Crippen MR) is 115 cm³/mol. The summed E-state index contributed by atoms with van der Waals surface area (Å²) in [7, 11) is 1.91. The third-order valence-corrected chi connectivity index (χ3v) is 4.69. The first-order valence-corrected chi connectivity index (χ1v) is 9.76. The van der Waals surface area contributed by atoms with Gasteiger partial charge in [0, 0.05) is 30.9 Å². The molecule has 0 atom stereocenters. The van der Waals surface area contributed by atoms with Crippen LogP contribution in [0, 0.1) is 0 Å². The Bertz CT molecular complexity index is 847. The van der Waals surface area contributed by atoms with Gasteiger partial charge in [0.25, 0.3) is 0 Å². The molecule has 6 heteroatoms. The number of carbonyl (C=O) groups is 2. The Morgan fingerprint density at radius 3 is 2.55 bits per heavy atom. The molecule has 3 rings (SSSR count). The summed E-state index contributed by atoms with van der Waals surface area (Å²) in [6, 6.07) is 15.2. The van der Waals surface area contributed by atoms with Gasteiger partial charge in [-0.25, -0.2) is 0 Å². The first kappa shape index (κ1) is 20.6. The Morgan fingerprint density at radius 1 is 1.21 bits per heavy atom. The normalized spacial score (nSPS) is 13.6. The van der Waals surface area contributed by atoms with Gasteiger partial charge in [-0.1, -0.05) is 24.8 Å². The van der Waals surface area contributed by atoms with E-state index >= 15 is 0 Å². The minimum absolute atomic E-state index is 0.0802. The molecular formula is C23H27N3O3. The summed E-state index contributed by atoms with van der Waals surface area (Å²) in [6.07, 6.45) is 3.21. The Kier molecular flexibility index (Phi) is 7.03. The van der Waals surface area contributed by atoms with Crippen molar-refractivity contribution in [2.45, 2.75) is 19.4 Å². The molecule has 2 aromatic carbocycles. The smallest absolute Gasteiger partial charge is 0.238 e. The SMILES string of the molecule is C=CCOc1ccc(CN(C)CC(=O)Nc2ccc(N3CCCC3=O)cc2)cc1. The van der Waals surface area contributed by atoms with Gasteiger partial charge >= 0.3 is 0 Å². The van der Waals surface area contributed by atoms with E-state index in [0.717, 1.165) is 35.7 Å². The van der Waals surface area contributed by atoms with Crippen molar-refractivity contribution in [3.05, 3.63) is 66.7 Å². The van der Waals surface area contributed by atoms with Gasteiger partial charge in [-0.05, 0) is 55.4 Å². The van der Waals surface area contributed by atoms with Crippen LogP contribution in [0.25, 0.3) is 0 Å². The van der Waals surface area contributed by atoms with Gasteiger partial charge < -0.3 is 15.0 Å². The summed E-state index contributed by atoms with van der Waals surface area (Å²) < 4.78 is 5.48. The predicted octanol–water partition coefficient (Wildman–Crippen LogP) is 3.45. The lowest BCUT2D eigenvalue weighted by Gasteiger charge is -2.18. The second kappa shape index (κ2) is 9.89. The van der Waals surface area contributed by atoms with Gasteiger partial charge in [0.2, 0.25) is 11.8 Å². The van der Waals surface area contributed by atoms with Crippen molar-refractivity contribution >= 4 is 23.2 Å². The molecule has 152 valence electrons. The number of anilines is 2. The van der Waals surface area contributed by atoms with Crippen LogP contribution in [0.1, 0.15) is 18.4 Å². The molecule has 0 aromatic heterocycles. The summed E-state index contributed by atoms with van der Waals surface area (Å²) in [4.78, 5) is 27.9. The van der Waals surface area contributed by atoms with Crippen molar-refractivity contribution in [1.29, 1.82) is 0 Å². The van der Waals surface area contributed by atoms with Crippen molar-refractivity contribution in [2.75, 3.05) is 37.0 Å². The monoisotopic (exact) mass is 393 g/mol. The fourth-order valence-corrected chi connectivity index (χ4v) is 3.31. The van der Waals surface area contributed by atoms with Gasteiger partial charge in [-0.15, -0.1) is 0 Å². The van der Waals surface area contributed by atoms with Crippen LogP contribution in [0.15, 0.2) is 61.2 Å². The lowest BCUT2D eigenvalue weighted by atomic mass is 10.2. The molecule has 1 aliphatic rings. The molecule has 29 heavy (non-hydrogen) atoms. The average Bonchev–Trinajstić information content (AvgIpc) is 3.14. The van der Waals surface area contributed by atoms with E-state index in [2.05, 4.69) is 11.9 Å². The summed E-state index contributed by atoms with van der Waals surface area (Å²) in [6.45, 7) is 5.81. The molecule has 6 nitrogen and oxygen atoms in total. The molecule has 0 aliphatic carbocycles. The molecule has 1 heterocycles. The van der Waals surface area contributed by atoms with E-state index in [-0.39, 0.29) is 18.4 Å². The zero-order valence-electron chi connectivity index (χ0n) is 16.8. The first-order chi connectivity index (χ1) is 14.0. The number of carbonyl (C=O) groups excluding carboxylic acids is 2. The van der Waals surface area contributed by atoms with Crippen molar-refractivity contribution in [1.82, 2.24) is 4.90 Å². The highest BCUT2D eigenvalue weighted by molar-refractivity contribution is 5.96. The highest BCUT2D eigenvalue weighted by Crippen LogP contribution is 2.23. The largest absolute Gasteiger partial charge is 0.490 e. The van der Waals surface area contributed by atoms with E-state index in [1.54, 1.807) is 11.0 Å². The number of hydrogen-bond acceptors (Lipinski definition) is 4. The molecule has 1 fully saturated rings. The zero-order chi connectivity index (χ0) is 20.6. The fraction of sp³-hybridized carbons (Fsp3) is 0.304. The Balaban J connectivity index is 1.47. The standard InChI is InChI=1S/C23H27N3O3/c1-3-15-29-21-12-6-18(7-13-21)16-25(2)17-22(27)24-19-8-10-20(11-9-19)26-14-4-5-23(26)28/h3,6-13H,1,4-5,14-17H2,2H3,(H,24,27). The lowest BCUT2D eigenvalue weighted by molar-refractivity contribution is -0.117. The molecule has 0 bridgehead atoms. The lowest BCUT2D eigenvalue weighted by Crippen LogP contribution is -2.29. The highest BCUT2D eigenvalue weighted by Gasteiger charge is 2.21. The summed E-state index contributed by atoms with van der Waals surface area (Å²) >= 11 is 0. The molecule has 2 amide bonds. The second-order valence-corrected chi connectivity index (χ2v) is 7.16. The van der Waals surface area contributed by atoms with Gasteiger partial charge in [-0.3, -0.25) is 14.5 Å². The maximum Gasteiger partial charge on any atom is 0.238 e. The quantitative estimate of drug-likeness (QED) is 0.663. The number of nitrogens with one attached hydrogen (secondary N) is 1. The van der Waals surface area contributed by atoms with E-state index < -0.39 is 0 Å². The number of likely N-dealkylation sites (N-methyl/N-ethyl adjacent to an activating group) is 1. The van der Waals surface area contributed by atoms with E-state index in [4.69, 9.17) is 4.74 Å². The fourth-order valence-electron chi connectivity index (χ4n) is 3.31. The van der Waals surface area contributed by atoms with Gasteiger partial charge in [0.05, 0.1) is 6.54 Å². The van der Waals surface area contributed by atoms with Crippen LogP contribution in [-0.4, -0.2) is 43.5 Å². The molecule has 0 unspecified atom stereocenters. The minimum atomic E-state index is -0.0802. The third-order valence-electron chi connectivity index (χ3n) is 4.69. The van der Waals surface area contributed by atoms with E-state index in [1.807, 2.05) is 60.5 Å². The summed E-state index contributed by atoms with van der Waals surface area (Å²) in [5, 5.41) is 2.91. The minimum Gasteiger partial charge on any atom is -0.490 e. The van der Waals surface area contributed by atoms with E-state index in [1.165, 1.54) is 0 Å². The van der Waals surface area contributed by atoms with Crippen molar-refractivity contribution in [3.63, 3.8) is 0 Å². The molecule has 2 aromatic rings. The highest BCUT2D eigenvalue weighted by atomic mass is 16.5. The number of amides is 2. The molecule has 0 saturated carbocycles. The number of ether oxygens (including phenoxy) is 1. The van der Waals surface area contributed by atoms with Crippen LogP contribution in [-0.2, 0) is 16.1 Å². The summed E-state index contributed by atoms with van der Waals surface area (Å²) in [5.41, 5.74) is 2.71. The summed E-state index contributed by atoms with van der Waals surface area (Å²) in [5.74, 6) is 0.875. The first-order valence-electron chi connectivity index (χ1n) is 9.76. The van der Waals surface area contributed by atoms with Gasteiger partial charge in [-0.2, -0.15) is 0 Å². The third kappa shape index (κ3) is 5.93. The number of hydrogen-bond donors (Lipinski definition) is 1. The molecule has 0 spiro atoms. The zero-order valence-corrected chi connectivity index (χ0v) is 16.8. The number of rotatable bonds is 9. The molecular weight excluding hydrogens is 366 g/mol. The second-order valence-electron chi connectivity index (χ2n) is 7.16. The average molecular weight is 393 g/mol. The van der Waals surface area contributed by atoms with Gasteiger partial charge in [0.1, 0.15) is 12.4 Å². The number of nitrogens with zero attached hydrogens (tertiary/aromatic N) is 2. The van der Waals surface area contributed by atoms with Crippen molar-refractivity contribution in [2.24, 2.45) is 0 Å². The van der Waals surface area contributed by atoms with E-state index in [0.29, 0.717) is 19.6 Å². The molecule has 0 radical (unpaired) electrons. The van der Waals surface area contributed by atoms with E-state index in [9.17, 15) is 9.59 Å². The van der Waals surface area contributed by atoms with Gasteiger partial charge in [0.15, 0.2) is 0 Å². The van der Waals surface area contributed by atoms with Crippen LogP contribution in [0.3, 0.4) is 0 Å². The maximum atomic E-state index is 12.3. The topological polar surface area (TPSA) is 61.9 Å². The maximum absolute atomic E-state index is 12.3. The van der Waals surface area contributed by atoms with Crippen LogP contribution >= 0.6 is 0 Å². The van der Waals surface area contributed by atoms with Crippen LogP contribution < -0.4 is 15.0 Å². The molecule has 1 N–H and O–H groups in total. The van der Waals surface area contributed by atoms with Crippen molar-refractivity contribution in [3.8, 4) is 5.75 Å². The molecule has 1 aliphatic heterocycles. The Morgan fingerprint density at radius 2 is 1.93 bits per heavy atom. The van der Waals surface area contributed by atoms with Crippen LogP contribution in [0.5, 0.6) is 5.75 Å².